The van der Waals surface area contributed by atoms with Crippen molar-refractivity contribution in [2.45, 2.75) is 0 Å². The summed E-state index contributed by atoms with van der Waals surface area (Å²) in [6, 6.07) is 25.5. The Balaban J connectivity index is 1.89. The molecule has 0 aliphatic heterocycles. The molecular weight excluding hydrogens is 320 g/mol. The first kappa shape index (κ1) is 15.0. The number of fused-ring (bicyclic) bond motifs is 3. The average Bonchev–Trinajstić information content (AvgIpc) is 3.04. The van der Waals surface area contributed by atoms with Gasteiger partial charge >= 0.3 is 0 Å². The molecule has 0 aromatic heterocycles. The lowest BCUT2D eigenvalue weighted by molar-refractivity contribution is 0.397. The molecule has 0 radical (unpaired) electrons. The third kappa shape index (κ3) is 1.93. The van der Waals surface area contributed by atoms with Crippen molar-refractivity contribution in [3.8, 4) is 44.9 Å². The average molecular weight is 338 g/mol. The maximum Gasteiger partial charge on any atom is 0.130 e. The highest BCUT2D eigenvalue weighted by atomic mass is 16.5. The highest BCUT2D eigenvalue weighted by Gasteiger charge is 2.23. The van der Waals surface area contributed by atoms with Crippen LogP contribution < -0.4 is 9.47 Å². The van der Waals surface area contributed by atoms with Crippen LogP contribution in [0.4, 0.5) is 0 Å². The second-order valence-corrected chi connectivity index (χ2v) is 6.47. The summed E-state index contributed by atoms with van der Waals surface area (Å²) in [5, 5.41) is 2.53. The summed E-state index contributed by atoms with van der Waals surface area (Å²) in [4.78, 5) is 0. The van der Waals surface area contributed by atoms with Crippen molar-refractivity contribution in [3.05, 3.63) is 72.8 Å². The molecule has 0 amide bonds. The van der Waals surface area contributed by atoms with Crippen LogP contribution in [0.25, 0.3) is 44.2 Å². The summed E-state index contributed by atoms with van der Waals surface area (Å²) in [5.41, 5.74) is 7.33. The fourth-order valence-corrected chi connectivity index (χ4v) is 4.14. The van der Waals surface area contributed by atoms with Crippen LogP contribution in [0.3, 0.4) is 0 Å². The van der Waals surface area contributed by atoms with Gasteiger partial charge in [0.05, 0.1) is 19.8 Å². The third-order valence-electron chi connectivity index (χ3n) is 5.25. The highest BCUT2D eigenvalue weighted by Crippen LogP contribution is 2.51. The molecule has 0 saturated heterocycles. The van der Waals surface area contributed by atoms with Crippen molar-refractivity contribution >= 4 is 10.8 Å². The van der Waals surface area contributed by atoms with Gasteiger partial charge in [0.1, 0.15) is 11.5 Å². The highest BCUT2D eigenvalue weighted by molar-refractivity contribution is 6.19. The summed E-state index contributed by atoms with van der Waals surface area (Å²) in [5.74, 6) is 1.64. The van der Waals surface area contributed by atoms with Gasteiger partial charge < -0.3 is 9.47 Å². The summed E-state index contributed by atoms with van der Waals surface area (Å²) in [6.07, 6.45) is 0. The van der Waals surface area contributed by atoms with Crippen LogP contribution in [-0.2, 0) is 0 Å². The quantitative estimate of drug-likeness (QED) is 0.391. The van der Waals surface area contributed by atoms with E-state index in [1.807, 2.05) is 18.2 Å². The molecule has 4 aromatic carbocycles. The molecule has 26 heavy (non-hydrogen) atoms. The van der Waals surface area contributed by atoms with E-state index in [0.717, 1.165) is 22.6 Å². The molecule has 1 aliphatic rings. The second kappa shape index (κ2) is 5.63. The Morgan fingerprint density at radius 2 is 1.04 bits per heavy atom. The van der Waals surface area contributed by atoms with Crippen LogP contribution in [0.1, 0.15) is 0 Å². The molecule has 0 fully saturated rings. The van der Waals surface area contributed by atoms with Crippen molar-refractivity contribution in [3.63, 3.8) is 0 Å². The number of benzene rings is 4. The first-order valence-electron chi connectivity index (χ1n) is 8.70. The monoisotopic (exact) mass is 338 g/mol. The predicted octanol–water partition coefficient (Wildman–Crippen LogP) is 6.17. The van der Waals surface area contributed by atoms with Gasteiger partial charge in [-0.15, -0.1) is 0 Å². The van der Waals surface area contributed by atoms with Crippen LogP contribution in [0.15, 0.2) is 72.8 Å². The molecule has 0 saturated carbocycles. The first-order valence-corrected chi connectivity index (χ1v) is 8.70. The fraction of sp³-hybridized carbons (Fsp3) is 0.0833. The van der Waals surface area contributed by atoms with E-state index >= 15 is 0 Å². The Morgan fingerprint density at radius 3 is 1.69 bits per heavy atom. The number of hydrogen-bond acceptors (Lipinski definition) is 2. The van der Waals surface area contributed by atoms with E-state index < -0.39 is 0 Å². The van der Waals surface area contributed by atoms with E-state index in [0.29, 0.717) is 0 Å². The zero-order valence-corrected chi connectivity index (χ0v) is 14.7. The lowest BCUT2D eigenvalue weighted by Crippen LogP contribution is -1.94. The molecule has 5 rings (SSSR count). The topological polar surface area (TPSA) is 18.5 Å². The predicted molar refractivity (Wildman–Crippen MR) is 107 cm³/mol. The Morgan fingerprint density at radius 1 is 0.500 bits per heavy atom. The fourth-order valence-electron chi connectivity index (χ4n) is 4.14. The maximum absolute atomic E-state index is 5.65. The molecule has 0 heterocycles. The van der Waals surface area contributed by atoms with Crippen LogP contribution in [0, 0.1) is 0 Å². The summed E-state index contributed by atoms with van der Waals surface area (Å²) in [6.45, 7) is 0. The van der Waals surface area contributed by atoms with Gasteiger partial charge in [0.2, 0.25) is 0 Å². The number of rotatable bonds is 3. The standard InChI is InChI=1S/C24H18O2/c1-25-21-11-6-12-22(26-2)24(21)20-14-13-19-16-8-4-3-7-15(16)17-9-5-10-18(20)23(17)19/h3-14H,1-2H3. The van der Waals surface area contributed by atoms with Crippen LogP contribution in [0.5, 0.6) is 11.5 Å². The van der Waals surface area contributed by atoms with E-state index in [1.54, 1.807) is 14.2 Å². The minimum Gasteiger partial charge on any atom is -0.496 e. The van der Waals surface area contributed by atoms with Crippen molar-refractivity contribution < 1.29 is 9.47 Å². The van der Waals surface area contributed by atoms with Gasteiger partial charge in [0.15, 0.2) is 0 Å². The summed E-state index contributed by atoms with van der Waals surface area (Å²) >= 11 is 0. The first-order chi connectivity index (χ1) is 12.8. The van der Waals surface area contributed by atoms with Gasteiger partial charge in [-0.25, -0.2) is 0 Å². The van der Waals surface area contributed by atoms with Crippen LogP contribution in [-0.4, -0.2) is 14.2 Å². The van der Waals surface area contributed by atoms with Gasteiger partial charge in [0, 0.05) is 0 Å². The van der Waals surface area contributed by atoms with Gasteiger partial charge in [0.25, 0.3) is 0 Å². The van der Waals surface area contributed by atoms with E-state index in [2.05, 4.69) is 54.6 Å². The number of ether oxygens (including phenoxy) is 2. The minimum absolute atomic E-state index is 0.820. The van der Waals surface area contributed by atoms with Crippen LogP contribution >= 0.6 is 0 Å². The minimum atomic E-state index is 0.820. The largest absolute Gasteiger partial charge is 0.496 e. The molecular formula is C24H18O2. The molecule has 0 unspecified atom stereocenters. The Kier molecular flexibility index (Phi) is 3.26. The number of hydrogen-bond donors (Lipinski definition) is 0. The Labute approximate surface area is 152 Å². The SMILES string of the molecule is COc1cccc(OC)c1-c1ccc2c3c(cccc13)-c1ccccc1-2. The summed E-state index contributed by atoms with van der Waals surface area (Å²) in [7, 11) is 3.41. The second-order valence-electron chi connectivity index (χ2n) is 6.47. The number of methoxy groups -OCH3 is 2. The molecule has 0 spiro atoms. The van der Waals surface area contributed by atoms with Crippen molar-refractivity contribution in [2.24, 2.45) is 0 Å². The zero-order valence-electron chi connectivity index (χ0n) is 14.7. The van der Waals surface area contributed by atoms with Gasteiger partial charge in [-0.05, 0) is 50.7 Å². The molecule has 0 bridgehead atoms. The molecule has 2 heteroatoms. The maximum atomic E-state index is 5.65. The Bertz CT molecular complexity index is 1110. The van der Waals surface area contributed by atoms with Gasteiger partial charge in [-0.2, -0.15) is 0 Å². The van der Waals surface area contributed by atoms with E-state index in [4.69, 9.17) is 9.47 Å². The molecule has 4 aromatic rings. The van der Waals surface area contributed by atoms with Crippen molar-refractivity contribution in [2.75, 3.05) is 14.2 Å². The lowest BCUT2D eigenvalue weighted by Gasteiger charge is -2.16. The van der Waals surface area contributed by atoms with Crippen LogP contribution in [0.2, 0.25) is 0 Å². The third-order valence-corrected chi connectivity index (χ3v) is 5.25. The Hall–Kier alpha value is -3.26. The molecule has 1 aliphatic carbocycles. The smallest absolute Gasteiger partial charge is 0.130 e. The molecule has 2 nitrogen and oxygen atoms in total. The van der Waals surface area contributed by atoms with Gasteiger partial charge in [-0.3, -0.25) is 0 Å². The molecule has 0 atom stereocenters. The molecule has 126 valence electrons. The zero-order chi connectivity index (χ0) is 17.7. The van der Waals surface area contributed by atoms with Crippen molar-refractivity contribution in [1.29, 1.82) is 0 Å². The van der Waals surface area contributed by atoms with E-state index in [1.165, 1.54) is 33.0 Å². The normalized spacial score (nSPS) is 11.5. The van der Waals surface area contributed by atoms with Crippen molar-refractivity contribution in [1.82, 2.24) is 0 Å². The lowest BCUT2D eigenvalue weighted by atomic mass is 9.93. The van der Waals surface area contributed by atoms with E-state index in [-0.39, 0.29) is 0 Å². The van der Waals surface area contributed by atoms with Gasteiger partial charge in [-0.1, -0.05) is 60.7 Å². The summed E-state index contributed by atoms with van der Waals surface area (Å²) < 4.78 is 11.3. The molecule has 0 N–H and O–H groups in total. The van der Waals surface area contributed by atoms with E-state index in [9.17, 15) is 0 Å².